The number of hydrogen-bond donors (Lipinski definition) is 2. The van der Waals surface area contributed by atoms with E-state index in [1.807, 2.05) is 0 Å². The summed E-state index contributed by atoms with van der Waals surface area (Å²) in [5.74, 6) is 0.229. The lowest BCUT2D eigenvalue weighted by atomic mass is 10.1. The van der Waals surface area contributed by atoms with Crippen molar-refractivity contribution in [2.45, 2.75) is 0 Å². The first kappa shape index (κ1) is 10.6. The third kappa shape index (κ3) is 1.89. The number of anilines is 1. The Labute approximate surface area is 98.8 Å². The van der Waals surface area contributed by atoms with Crippen LogP contribution >= 0.6 is 15.9 Å². The molecular weight excluding hydrogens is 276 g/mol. The summed E-state index contributed by atoms with van der Waals surface area (Å²) in [7, 11) is 0. The number of nitrogens with two attached hydrogens (primary N) is 1. The van der Waals surface area contributed by atoms with E-state index in [1.54, 1.807) is 12.1 Å². The van der Waals surface area contributed by atoms with Crippen LogP contribution in [0.2, 0.25) is 0 Å². The number of halogens is 1. The average Bonchev–Trinajstić information content (AvgIpc) is 2.64. The van der Waals surface area contributed by atoms with Crippen LogP contribution in [0.1, 0.15) is 0 Å². The van der Waals surface area contributed by atoms with Crippen molar-refractivity contribution in [1.29, 1.82) is 0 Å². The summed E-state index contributed by atoms with van der Waals surface area (Å²) in [6.07, 6.45) is 1.46. The van der Waals surface area contributed by atoms with Gasteiger partial charge in [0.25, 0.3) is 5.69 Å². The van der Waals surface area contributed by atoms with Crippen molar-refractivity contribution in [2.75, 3.05) is 5.73 Å². The number of nitrogen functional groups attached to an aromatic ring is 1. The molecule has 0 amide bonds. The first-order valence-electron chi connectivity index (χ1n) is 4.32. The molecule has 0 spiro atoms. The van der Waals surface area contributed by atoms with Gasteiger partial charge in [0.2, 0.25) is 0 Å². The molecule has 1 aromatic heterocycles. The molecule has 82 valence electrons. The number of hydrogen-bond acceptors (Lipinski definition) is 4. The maximum Gasteiger partial charge on any atom is 0.279 e. The maximum absolute atomic E-state index is 10.9. The normalized spacial score (nSPS) is 10.3. The van der Waals surface area contributed by atoms with Crippen molar-refractivity contribution in [3.63, 3.8) is 0 Å². The van der Waals surface area contributed by atoms with Crippen LogP contribution in [0.4, 0.5) is 11.6 Å². The second-order valence-electron chi connectivity index (χ2n) is 3.10. The van der Waals surface area contributed by atoms with E-state index in [1.165, 1.54) is 12.3 Å². The van der Waals surface area contributed by atoms with Crippen LogP contribution in [-0.4, -0.2) is 14.9 Å². The fourth-order valence-corrected chi connectivity index (χ4v) is 1.71. The smallest absolute Gasteiger partial charge is 0.279 e. The zero-order valence-electron chi connectivity index (χ0n) is 7.98. The molecule has 0 radical (unpaired) electrons. The van der Waals surface area contributed by atoms with Gasteiger partial charge in [-0.25, -0.2) is 4.98 Å². The molecule has 2 rings (SSSR count). The van der Waals surface area contributed by atoms with Gasteiger partial charge in [0.05, 0.1) is 22.4 Å². The van der Waals surface area contributed by atoms with Gasteiger partial charge in [0.1, 0.15) is 0 Å². The number of nitro benzene ring substituents is 1. The largest absolute Gasteiger partial charge is 0.369 e. The molecule has 0 saturated heterocycles. The Morgan fingerprint density at radius 2 is 2.25 bits per heavy atom. The van der Waals surface area contributed by atoms with Gasteiger partial charge in [0, 0.05) is 10.5 Å². The second kappa shape index (κ2) is 3.93. The molecule has 2 aromatic rings. The van der Waals surface area contributed by atoms with E-state index in [0.717, 1.165) is 0 Å². The number of aromatic amines is 1. The lowest BCUT2D eigenvalue weighted by molar-refractivity contribution is -0.384. The first-order chi connectivity index (χ1) is 7.58. The molecule has 0 aliphatic heterocycles. The van der Waals surface area contributed by atoms with E-state index >= 15 is 0 Å². The SMILES string of the molecule is Nc1ncc(-c2ccc(Br)cc2[N+](=O)[O-])[nH]1. The van der Waals surface area contributed by atoms with Crippen molar-refractivity contribution >= 4 is 27.6 Å². The molecule has 7 heteroatoms. The number of aromatic nitrogens is 2. The van der Waals surface area contributed by atoms with Crippen LogP contribution in [0.25, 0.3) is 11.3 Å². The first-order valence-corrected chi connectivity index (χ1v) is 5.12. The number of nitrogens with zero attached hydrogens (tertiary/aromatic N) is 2. The Balaban J connectivity index is 2.60. The summed E-state index contributed by atoms with van der Waals surface area (Å²) in [6, 6.07) is 4.79. The minimum absolute atomic E-state index is 0.00183. The molecule has 0 atom stereocenters. The van der Waals surface area contributed by atoms with Gasteiger partial charge >= 0.3 is 0 Å². The van der Waals surface area contributed by atoms with Crippen LogP contribution < -0.4 is 5.73 Å². The van der Waals surface area contributed by atoms with E-state index < -0.39 is 4.92 Å². The Bertz CT molecular complexity index is 552. The molecule has 0 saturated carbocycles. The summed E-state index contributed by atoms with van der Waals surface area (Å²) in [4.78, 5) is 17.0. The Hall–Kier alpha value is -1.89. The summed E-state index contributed by atoms with van der Waals surface area (Å²) >= 11 is 3.19. The number of rotatable bonds is 2. The van der Waals surface area contributed by atoms with Crippen molar-refractivity contribution in [1.82, 2.24) is 9.97 Å². The Morgan fingerprint density at radius 1 is 1.50 bits per heavy atom. The lowest BCUT2D eigenvalue weighted by Gasteiger charge is -2.00. The molecule has 6 nitrogen and oxygen atoms in total. The topological polar surface area (TPSA) is 97.8 Å². The lowest BCUT2D eigenvalue weighted by Crippen LogP contribution is -1.92. The number of imidazole rings is 1. The zero-order valence-corrected chi connectivity index (χ0v) is 9.56. The van der Waals surface area contributed by atoms with Gasteiger partial charge in [-0.05, 0) is 12.1 Å². The van der Waals surface area contributed by atoms with Crippen LogP contribution in [0.15, 0.2) is 28.9 Å². The van der Waals surface area contributed by atoms with Crippen LogP contribution in [-0.2, 0) is 0 Å². The van der Waals surface area contributed by atoms with Gasteiger partial charge in [-0.3, -0.25) is 10.1 Å². The van der Waals surface area contributed by atoms with Gasteiger partial charge in [0.15, 0.2) is 5.95 Å². The summed E-state index contributed by atoms with van der Waals surface area (Å²) in [5, 5.41) is 10.9. The van der Waals surface area contributed by atoms with Crippen molar-refractivity contribution in [2.24, 2.45) is 0 Å². The van der Waals surface area contributed by atoms with E-state index in [0.29, 0.717) is 15.7 Å². The molecular formula is C9H7BrN4O2. The Kier molecular flexibility index (Phi) is 2.61. The molecule has 0 unspecified atom stereocenters. The quantitative estimate of drug-likeness (QED) is 0.652. The summed E-state index contributed by atoms with van der Waals surface area (Å²) in [6.45, 7) is 0. The Morgan fingerprint density at radius 3 is 2.81 bits per heavy atom. The average molecular weight is 283 g/mol. The predicted molar refractivity (Wildman–Crippen MR) is 62.8 cm³/mol. The standard InChI is InChI=1S/C9H7BrN4O2/c10-5-1-2-6(8(3-5)14(15)16)7-4-12-9(11)13-7/h1-4H,(H3,11,12,13). The summed E-state index contributed by atoms with van der Waals surface area (Å²) in [5.41, 5.74) is 6.41. The number of H-pyrrole nitrogens is 1. The molecule has 0 aliphatic rings. The van der Waals surface area contributed by atoms with Crippen molar-refractivity contribution in [3.8, 4) is 11.3 Å². The molecule has 0 aliphatic carbocycles. The van der Waals surface area contributed by atoms with Crippen LogP contribution in [0.5, 0.6) is 0 Å². The molecule has 0 bridgehead atoms. The molecule has 3 N–H and O–H groups in total. The minimum atomic E-state index is -0.447. The minimum Gasteiger partial charge on any atom is -0.369 e. The molecule has 1 aromatic carbocycles. The summed E-state index contributed by atoms with van der Waals surface area (Å²) < 4.78 is 0.649. The van der Waals surface area contributed by atoms with Gasteiger partial charge in [-0.1, -0.05) is 15.9 Å². The van der Waals surface area contributed by atoms with E-state index in [9.17, 15) is 10.1 Å². The molecule has 16 heavy (non-hydrogen) atoms. The fraction of sp³-hybridized carbons (Fsp3) is 0. The van der Waals surface area contributed by atoms with Gasteiger partial charge in [-0.15, -0.1) is 0 Å². The van der Waals surface area contributed by atoms with E-state index in [2.05, 4.69) is 25.9 Å². The van der Waals surface area contributed by atoms with Crippen LogP contribution in [0, 0.1) is 10.1 Å². The zero-order chi connectivity index (χ0) is 11.7. The number of benzene rings is 1. The van der Waals surface area contributed by atoms with Gasteiger partial charge < -0.3 is 10.7 Å². The van der Waals surface area contributed by atoms with E-state index in [4.69, 9.17) is 5.73 Å². The third-order valence-corrected chi connectivity index (χ3v) is 2.54. The highest BCUT2D eigenvalue weighted by Crippen LogP contribution is 2.31. The molecule has 1 heterocycles. The maximum atomic E-state index is 10.9. The highest BCUT2D eigenvalue weighted by Gasteiger charge is 2.16. The van der Waals surface area contributed by atoms with Gasteiger partial charge in [-0.2, -0.15) is 0 Å². The highest BCUT2D eigenvalue weighted by atomic mass is 79.9. The van der Waals surface area contributed by atoms with Crippen molar-refractivity contribution in [3.05, 3.63) is 39.0 Å². The second-order valence-corrected chi connectivity index (χ2v) is 4.02. The fourth-order valence-electron chi connectivity index (χ4n) is 1.36. The highest BCUT2D eigenvalue weighted by molar-refractivity contribution is 9.10. The number of nitrogens with one attached hydrogen (secondary N) is 1. The van der Waals surface area contributed by atoms with Crippen LogP contribution in [0.3, 0.4) is 0 Å². The monoisotopic (exact) mass is 282 g/mol. The number of nitro groups is 1. The van der Waals surface area contributed by atoms with E-state index in [-0.39, 0.29) is 11.6 Å². The third-order valence-electron chi connectivity index (χ3n) is 2.04. The molecule has 0 fully saturated rings. The predicted octanol–water partition coefficient (Wildman–Crippen LogP) is 2.33. The van der Waals surface area contributed by atoms with Crippen molar-refractivity contribution < 1.29 is 4.92 Å².